The van der Waals surface area contributed by atoms with Crippen molar-refractivity contribution in [3.05, 3.63) is 99.4 Å². The quantitative estimate of drug-likeness (QED) is 0.201. The number of thiophene rings is 1. The Kier molecular flexibility index (Phi) is 9.24. The first-order chi connectivity index (χ1) is 19.2. The van der Waals surface area contributed by atoms with Crippen molar-refractivity contribution in [3.8, 4) is 16.9 Å². The van der Waals surface area contributed by atoms with Crippen LogP contribution >= 0.6 is 22.9 Å². The molecular weight excluding hydrogens is 548 g/mol. The van der Waals surface area contributed by atoms with Gasteiger partial charge in [0.05, 0.1) is 6.61 Å². The van der Waals surface area contributed by atoms with Crippen LogP contribution in [0.15, 0.2) is 72.8 Å². The second kappa shape index (κ2) is 12.8. The average molecular weight is 577 g/mol. The van der Waals surface area contributed by atoms with E-state index in [4.69, 9.17) is 21.1 Å². The van der Waals surface area contributed by atoms with Gasteiger partial charge in [0.2, 0.25) is 0 Å². The van der Waals surface area contributed by atoms with E-state index >= 15 is 0 Å². The highest BCUT2D eigenvalue weighted by atomic mass is 35.5. The Bertz CT molecular complexity index is 1530. The molecule has 1 aromatic heterocycles. The van der Waals surface area contributed by atoms with E-state index in [-0.39, 0.29) is 18.4 Å². The van der Waals surface area contributed by atoms with Crippen LogP contribution in [0.4, 0.5) is 10.7 Å². The largest absolute Gasteiger partial charge is 0.481 e. The summed E-state index contributed by atoms with van der Waals surface area (Å²) in [6.45, 7) is 7.32. The van der Waals surface area contributed by atoms with Gasteiger partial charge < -0.3 is 20.1 Å². The van der Waals surface area contributed by atoms with Gasteiger partial charge in [-0.15, -0.1) is 11.3 Å². The zero-order valence-corrected chi connectivity index (χ0v) is 24.1. The molecule has 2 N–H and O–H groups in total. The molecule has 0 aliphatic heterocycles. The highest BCUT2D eigenvalue weighted by Crippen LogP contribution is 2.40. The summed E-state index contributed by atoms with van der Waals surface area (Å²) in [7, 11) is 0. The second-order valence-corrected chi connectivity index (χ2v) is 10.6. The molecule has 7 nitrogen and oxygen atoms in total. The molecule has 3 aromatic carbocycles. The Hall–Kier alpha value is -4.14. The van der Waals surface area contributed by atoms with E-state index in [1.807, 2.05) is 44.2 Å². The van der Waals surface area contributed by atoms with Gasteiger partial charge >= 0.3 is 5.97 Å². The minimum atomic E-state index is -0.796. The maximum absolute atomic E-state index is 13.1. The molecule has 0 spiro atoms. The van der Waals surface area contributed by atoms with Crippen LogP contribution in [0.1, 0.15) is 45.0 Å². The fraction of sp³-hybridized carbons (Fsp3) is 0.194. The predicted octanol–water partition coefficient (Wildman–Crippen LogP) is 7.52. The summed E-state index contributed by atoms with van der Waals surface area (Å²) in [6, 6.07) is 21.2. The molecule has 0 bridgehead atoms. The second-order valence-electron chi connectivity index (χ2n) is 8.96. The number of anilines is 2. The lowest BCUT2D eigenvalue weighted by atomic mass is 10.0. The van der Waals surface area contributed by atoms with Crippen LogP contribution < -0.4 is 15.4 Å². The van der Waals surface area contributed by atoms with Crippen molar-refractivity contribution in [2.75, 3.05) is 17.2 Å². The Morgan fingerprint density at radius 1 is 0.925 bits per heavy atom. The molecule has 9 heteroatoms. The number of nitrogens with one attached hydrogen (secondary N) is 2. The van der Waals surface area contributed by atoms with Crippen LogP contribution in [0.2, 0.25) is 5.02 Å². The number of halogens is 1. The zero-order chi connectivity index (χ0) is 28.8. The number of aryl methyl sites for hydroxylation is 1. The van der Waals surface area contributed by atoms with Crippen LogP contribution in [0.5, 0.6) is 5.75 Å². The fourth-order valence-corrected chi connectivity index (χ4v) is 5.31. The Morgan fingerprint density at radius 3 is 2.30 bits per heavy atom. The number of carbonyl (C=O) groups excluding carboxylic acids is 3. The molecular formula is C31H29ClN2O5S. The standard InChI is InChI=1S/C31H29ClN2O5S/c1-5-38-31(37)27-26(21-10-7-6-8-11-21)20(4)40-30(27)34-29(36)22-14-16-23(17-15-22)39-19(3)28(35)33-25-13-9-12-24(32)18(25)2/h6-17,19H,5H2,1-4H3,(H,33,35)(H,34,36)/t19-/m1/s1. The van der Waals surface area contributed by atoms with E-state index in [1.165, 1.54) is 11.3 Å². The van der Waals surface area contributed by atoms with Gasteiger partial charge in [-0.25, -0.2) is 4.79 Å². The van der Waals surface area contributed by atoms with Crippen LogP contribution in [0.3, 0.4) is 0 Å². The molecule has 0 aliphatic carbocycles. The maximum Gasteiger partial charge on any atom is 0.341 e. The van der Waals surface area contributed by atoms with E-state index in [0.29, 0.717) is 32.6 Å². The molecule has 206 valence electrons. The molecule has 4 aromatic rings. The first-order valence-corrected chi connectivity index (χ1v) is 13.9. The summed E-state index contributed by atoms with van der Waals surface area (Å²) < 4.78 is 11.1. The molecule has 1 heterocycles. The van der Waals surface area contributed by atoms with E-state index in [1.54, 1.807) is 56.3 Å². The lowest BCUT2D eigenvalue weighted by Crippen LogP contribution is -2.30. The fourth-order valence-electron chi connectivity index (χ4n) is 4.08. The third kappa shape index (κ3) is 6.52. The first kappa shape index (κ1) is 28.9. The molecule has 2 amide bonds. The normalized spacial score (nSPS) is 11.4. The summed E-state index contributed by atoms with van der Waals surface area (Å²) in [5, 5.41) is 6.67. The molecule has 4 rings (SSSR count). The highest BCUT2D eigenvalue weighted by molar-refractivity contribution is 7.17. The highest BCUT2D eigenvalue weighted by Gasteiger charge is 2.26. The van der Waals surface area contributed by atoms with Crippen LogP contribution in [0.25, 0.3) is 11.1 Å². The zero-order valence-electron chi connectivity index (χ0n) is 22.5. The minimum Gasteiger partial charge on any atom is -0.481 e. The van der Waals surface area contributed by atoms with Gasteiger partial charge in [-0.1, -0.05) is 48.0 Å². The van der Waals surface area contributed by atoms with Crippen molar-refractivity contribution in [1.82, 2.24) is 0 Å². The predicted molar refractivity (Wildman–Crippen MR) is 160 cm³/mol. The summed E-state index contributed by atoms with van der Waals surface area (Å²) >= 11 is 7.46. The van der Waals surface area contributed by atoms with Crippen molar-refractivity contribution in [3.63, 3.8) is 0 Å². The monoisotopic (exact) mass is 576 g/mol. The lowest BCUT2D eigenvalue weighted by Gasteiger charge is -2.16. The Morgan fingerprint density at radius 2 is 1.62 bits per heavy atom. The van der Waals surface area contributed by atoms with Gasteiger partial charge in [-0.2, -0.15) is 0 Å². The topological polar surface area (TPSA) is 93.7 Å². The molecule has 0 aliphatic rings. The van der Waals surface area contributed by atoms with Crippen molar-refractivity contribution < 1.29 is 23.9 Å². The summed E-state index contributed by atoms with van der Waals surface area (Å²) in [6.07, 6.45) is -0.796. The lowest BCUT2D eigenvalue weighted by molar-refractivity contribution is -0.122. The Labute approximate surface area is 242 Å². The van der Waals surface area contributed by atoms with Gasteiger partial charge in [0, 0.05) is 26.7 Å². The van der Waals surface area contributed by atoms with Crippen molar-refractivity contribution in [1.29, 1.82) is 0 Å². The molecule has 0 saturated carbocycles. The number of esters is 1. The van der Waals surface area contributed by atoms with Gasteiger partial charge in [-0.3, -0.25) is 9.59 Å². The minimum absolute atomic E-state index is 0.214. The van der Waals surface area contributed by atoms with E-state index in [2.05, 4.69) is 10.6 Å². The third-order valence-electron chi connectivity index (χ3n) is 6.18. The molecule has 0 fully saturated rings. The number of amides is 2. The SMILES string of the molecule is CCOC(=O)c1c(NC(=O)c2ccc(O[C@H](C)C(=O)Nc3cccc(Cl)c3C)cc2)sc(C)c1-c1ccccc1. The van der Waals surface area contributed by atoms with Crippen LogP contribution in [-0.2, 0) is 9.53 Å². The molecule has 0 radical (unpaired) electrons. The molecule has 40 heavy (non-hydrogen) atoms. The summed E-state index contributed by atoms with van der Waals surface area (Å²) in [5.74, 6) is -0.793. The molecule has 0 unspecified atom stereocenters. The van der Waals surface area contributed by atoms with Gasteiger partial charge in [0.1, 0.15) is 16.3 Å². The molecule has 1 atom stereocenters. The maximum atomic E-state index is 13.1. The van der Waals surface area contributed by atoms with Crippen molar-refractivity contribution in [2.24, 2.45) is 0 Å². The van der Waals surface area contributed by atoms with Gasteiger partial charge in [0.25, 0.3) is 11.8 Å². The van der Waals surface area contributed by atoms with Crippen LogP contribution in [0, 0.1) is 13.8 Å². The van der Waals surface area contributed by atoms with E-state index in [0.717, 1.165) is 21.6 Å². The van der Waals surface area contributed by atoms with E-state index < -0.39 is 12.1 Å². The van der Waals surface area contributed by atoms with Crippen LogP contribution in [-0.4, -0.2) is 30.5 Å². The van der Waals surface area contributed by atoms with Gasteiger partial charge in [-0.05, 0) is 75.2 Å². The number of benzene rings is 3. The molecule has 0 saturated heterocycles. The number of hydrogen-bond donors (Lipinski definition) is 2. The number of rotatable bonds is 9. The Balaban J connectivity index is 1.47. The summed E-state index contributed by atoms with van der Waals surface area (Å²) in [5.41, 5.74) is 3.68. The third-order valence-corrected chi connectivity index (χ3v) is 7.61. The van der Waals surface area contributed by atoms with E-state index in [9.17, 15) is 14.4 Å². The average Bonchev–Trinajstić information content (AvgIpc) is 3.27. The smallest absolute Gasteiger partial charge is 0.341 e. The van der Waals surface area contributed by atoms with Crippen molar-refractivity contribution >= 4 is 51.4 Å². The first-order valence-electron chi connectivity index (χ1n) is 12.7. The number of carbonyl (C=O) groups is 3. The summed E-state index contributed by atoms with van der Waals surface area (Å²) in [4.78, 5) is 39.6. The number of hydrogen-bond acceptors (Lipinski definition) is 6. The van der Waals surface area contributed by atoms with Gasteiger partial charge in [0.15, 0.2) is 6.10 Å². The number of ether oxygens (including phenoxy) is 2. The van der Waals surface area contributed by atoms with Crippen molar-refractivity contribution in [2.45, 2.75) is 33.8 Å².